The van der Waals surface area contributed by atoms with Gasteiger partial charge in [0.2, 0.25) is 0 Å². The van der Waals surface area contributed by atoms with Crippen molar-refractivity contribution in [1.82, 2.24) is 4.98 Å². The van der Waals surface area contributed by atoms with Gasteiger partial charge in [-0.25, -0.2) is 4.79 Å². The summed E-state index contributed by atoms with van der Waals surface area (Å²) in [7, 11) is 3.83. The molecule has 0 bridgehead atoms. The number of phenolic OH excluding ortho intramolecular Hbond substituents is 1. The quantitative estimate of drug-likeness (QED) is 0.682. The van der Waals surface area contributed by atoms with E-state index in [1.165, 1.54) is 12.3 Å². The van der Waals surface area contributed by atoms with Gasteiger partial charge in [0.25, 0.3) is 0 Å². The number of rotatable bonds is 4. The number of nitrogens with one attached hydrogen (secondary N) is 1. The van der Waals surface area contributed by atoms with E-state index in [9.17, 15) is 15.0 Å². The van der Waals surface area contributed by atoms with Crippen molar-refractivity contribution >= 4 is 33.9 Å². The Bertz CT molecular complexity index is 923. The maximum atomic E-state index is 11.6. The van der Waals surface area contributed by atoms with E-state index in [4.69, 9.17) is 0 Å². The molecule has 0 saturated carbocycles. The first-order valence-electron chi connectivity index (χ1n) is 7.35. The van der Waals surface area contributed by atoms with Crippen molar-refractivity contribution < 1.29 is 15.0 Å². The molecule has 6 heteroatoms. The fourth-order valence-corrected chi connectivity index (χ4v) is 2.48. The van der Waals surface area contributed by atoms with Crippen LogP contribution in [-0.2, 0) is 0 Å². The second-order valence-corrected chi connectivity index (χ2v) is 5.62. The molecule has 3 aromatic rings. The summed E-state index contributed by atoms with van der Waals surface area (Å²) in [5, 5.41) is 22.9. The molecule has 1 heterocycles. The Labute approximate surface area is 139 Å². The van der Waals surface area contributed by atoms with Gasteiger partial charge in [-0.2, -0.15) is 0 Å². The number of carboxylic acid groups (broad SMARTS) is 1. The van der Waals surface area contributed by atoms with Gasteiger partial charge in [0.05, 0.1) is 11.2 Å². The van der Waals surface area contributed by atoms with Gasteiger partial charge < -0.3 is 20.4 Å². The third-order valence-corrected chi connectivity index (χ3v) is 3.71. The summed E-state index contributed by atoms with van der Waals surface area (Å²) in [5.41, 5.74) is 2.74. The van der Waals surface area contributed by atoms with Gasteiger partial charge in [-0.05, 0) is 30.3 Å². The Morgan fingerprint density at radius 2 is 1.96 bits per heavy atom. The number of pyridine rings is 1. The molecule has 3 N–H and O–H groups in total. The molecule has 0 aliphatic rings. The first kappa shape index (κ1) is 15.6. The zero-order valence-electron chi connectivity index (χ0n) is 13.3. The lowest BCUT2D eigenvalue weighted by Crippen LogP contribution is -2.09. The first-order chi connectivity index (χ1) is 11.5. The fourth-order valence-electron chi connectivity index (χ4n) is 2.48. The van der Waals surface area contributed by atoms with Crippen LogP contribution in [0.1, 0.15) is 10.4 Å². The number of aromatic hydroxyl groups is 1. The number of aromatic nitrogens is 1. The predicted molar refractivity (Wildman–Crippen MR) is 94.4 cm³/mol. The molecule has 0 saturated heterocycles. The van der Waals surface area contributed by atoms with Crippen LogP contribution in [0.4, 0.5) is 17.1 Å². The van der Waals surface area contributed by atoms with Crippen LogP contribution in [0.15, 0.2) is 48.7 Å². The highest BCUT2D eigenvalue weighted by Crippen LogP contribution is 2.32. The molecule has 0 fully saturated rings. The van der Waals surface area contributed by atoms with Crippen LogP contribution >= 0.6 is 0 Å². The van der Waals surface area contributed by atoms with E-state index < -0.39 is 5.97 Å². The first-order valence-corrected chi connectivity index (χ1v) is 7.35. The molecule has 0 amide bonds. The van der Waals surface area contributed by atoms with Gasteiger partial charge >= 0.3 is 5.97 Å². The number of fused-ring (bicyclic) bond motifs is 1. The van der Waals surface area contributed by atoms with E-state index in [0.717, 1.165) is 5.69 Å². The number of hydrogen-bond donors (Lipinski definition) is 3. The highest BCUT2D eigenvalue weighted by Gasteiger charge is 2.16. The maximum absolute atomic E-state index is 11.6. The van der Waals surface area contributed by atoms with Crippen molar-refractivity contribution in [2.75, 3.05) is 24.3 Å². The molecule has 0 unspecified atom stereocenters. The molecule has 6 nitrogen and oxygen atoms in total. The van der Waals surface area contributed by atoms with E-state index in [-0.39, 0.29) is 11.3 Å². The molecular weight excluding hydrogens is 306 g/mol. The molecule has 0 spiro atoms. The molecule has 122 valence electrons. The smallest absolute Gasteiger partial charge is 0.339 e. The Hall–Kier alpha value is -3.28. The number of carbonyl (C=O) groups is 1. The number of carboxylic acids is 1. The number of phenols is 1. The molecule has 3 rings (SSSR count). The third-order valence-electron chi connectivity index (χ3n) is 3.71. The van der Waals surface area contributed by atoms with Crippen molar-refractivity contribution in [3.63, 3.8) is 0 Å². The minimum absolute atomic E-state index is 0.0711. The standard InChI is InChI=1S/C18H17N3O3/c1-21(2)12-6-7-16-14(9-12)17(15(10-19-16)18(23)24)20-11-4-3-5-13(22)8-11/h3-10,22H,1-2H3,(H,19,20)(H,23,24). The Morgan fingerprint density at radius 3 is 2.62 bits per heavy atom. The van der Waals surface area contributed by atoms with Gasteiger partial charge in [0, 0.05) is 43.1 Å². The van der Waals surface area contributed by atoms with E-state index in [1.807, 2.05) is 37.2 Å². The van der Waals surface area contributed by atoms with Crippen LogP contribution in [0.3, 0.4) is 0 Å². The number of nitrogens with zero attached hydrogens (tertiary/aromatic N) is 2. The van der Waals surface area contributed by atoms with E-state index in [0.29, 0.717) is 22.3 Å². The van der Waals surface area contributed by atoms with Crippen LogP contribution in [0.2, 0.25) is 0 Å². The van der Waals surface area contributed by atoms with Crippen molar-refractivity contribution in [2.24, 2.45) is 0 Å². The summed E-state index contributed by atoms with van der Waals surface area (Å²) in [6, 6.07) is 12.2. The Morgan fingerprint density at radius 1 is 1.17 bits per heavy atom. The minimum atomic E-state index is -1.07. The number of hydrogen-bond acceptors (Lipinski definition) is 5. The normalized spacial score (nSPS) is 10.6. The minimum Gasteiger partial charge on any atom is -0.508 e. The summed E-state index contributed by atoms with van der Waals surface area (Å²) in [6.45, 7) is 0. The van der Waals surface area contributed by atoms with E-state index in [2.05, 4.69) is 10.3 Å². The van der Waals surface area contributed by atoms with Crippen molar-refractivity contribution in [3.8, 4) is 5.75 Å². The second-order valence-electron chi connectivity index (χ2n) is 5.62. The summed E-state index contributed by atoms with van der Waals surface area (Å²) in [4.78, 5) is 17.8. The van der Waals surface area contributed by atoms with Crippen molar-refractivity contribution in [3.05, 3.63) is 54.2 Å². The average Bonchev–Trinajstić information content (AvgIpc) is 2.54. The number of anilines is 3. The maximum Gasteiger partial charge on any atom is 0.339 e. The molecule has 0 atom stereocenters. The molecule has 0 radical (unpaired) electrons. The molecule has 0 aliphatic heterocycles. The number of benzene rings is 2. The van der Waals surface area contributed by atoms with Gasteiger partial charge in [0.15, 0.2) is 0 Å². The van der Waals surface area contributed by atoms with E-state index >= 15 is 0 Å². The lowest BCUT2D eigenvalue weighted by Gasteiger charge is -2.16. The van der Waals surface area contributed by atoms with Gasteiger partial charge in [-0.1, -0.05) is 6.07 Å². The predicted octanol–water partition coefficient (Wildman–Crippen LogP) is 3.45. The average molecular weight is 323 g/mol. The molecule has 2 aromatic carbocycles. The van der Waals surface area contributed by atoms with Crippen LogP contribution in [-0.4, -0.2) is 35.3 Å². The second kappa shape index (κ2) is 6.08. The van der Waals surface area contributed by atoms with Crippen molar-refractivity contribution in [2.45, 2.75) is 0 Å². The van der Waals surface area contributed by atoms with E-state index in [1.54, 1.807) is 18.2 Å². The number of aromatic carboxylic acids is 1. The van der Waals surface area contributed by atoms with Crippen LogP contribution in [0.5, 0.6) is 5.75 Å². The molecule has 24 heavy (non-hydrogen) atoms. The van der Waals surface area contributed by atoms with Gasteiger partial charge in [0.1, 0.15) is 11.3 Å². The van der Waals surface area contributed by atoms with Gasteiger partial charge in [-0.3, -0.25) is 4.98 Å². The summed E-state index contributed by atoms with van der Waals surface area (Å²) in [6.07, 6.45) is 1.34. The van der Waals surface area contributed by atoms with Crippen molar-refractivity contribution in [1.29, 1.82) is 0 Å². The fraction of sp³-hybridized carbons (Fsp3) is 0.111. The summed E-state index contributed by atoms with van der Waals surface area (Å²) in [5.74, 6) is -0.966. The zero-order chi connectivity index (χ0) is 17.3. The van der Waals surface area contributed by atoms with Gasteiger partial charge in [-0.15, -0.1) is 0 Å². The van der Waals surface area contributed by atoms with Crippen LogP contribution in [0, 0.1) is 0 Å². The SMILES string of the molecule is CN(C)c1ccc2ncc(C(=O)O)c(Nc3cccc(O)c3)c2c1. The zero-order valence-corrected chi connectivity index (χ0v) is 13.3. The highest BCUT2D eigenvalue weighted by atomic mass is 16.4. The summed E-state index contributed by atoms with van der Waals surface area (Å²) >= 11 is 0. The lowest BCUT2D eigenvalue weighted by molar-refractivity contribution is 0.0697. The molecule has 0 aliphatic carbocycles. The third kappa shape index (κ3) is 2.94. The lowest BCUT2D eigenvalue weighted by atomic mass is 10.1. The summed E-state index contributed by atoms with van der Waals surface area (Å²) < 4.78 is 0. The monoisotopic (exact) mass is 323 g/mol. The largest absolute Gasteiger partial charge is 0.508 e. The molecular formula is C18H17N3O3. The Balaban J connectivity index is 2.22. The molecule has 1 aromatic heterocycles. The van der Waals surface area contributed by atoms with Crippen LogP contribution in [0.25, 0.3) is 10.9 Å². The highest BCUT2D eigenvalue weighted by molar-refractivity contribution is 6.06. The Kier molecular flexibility index (Phi) is 3.95. The van der Waals surface area contributed by atoms with Crippen LogP contribution < -0.4 is 10.2 Å². The topological polar surface area (TPSA) is 85.7 Å².